The number of para-hydroxylation sites is 1. The molecule has 1 aliphatic heterocycles. The van der Waals surface area contributed by atoms with E-state index in [2.05, 4.69) is 26.3 Å². The number of carbonyl (C=O) groups excluding carboxylic acids is 1. The molecule has 0 radical (unpaired) electrons. The molecule has 0 unspecified atom stereocenters. The number of benzene rings is 1. The molecule has 0 bridgehead atoms. The molecule has 7 heteroatoms. The van der Waals surface area contributed by atoms with Gasteiger partial charge >= 0.3 is 0 Å². The predicted molar refractivity (Wildman–Crippen MR) is 98.4 cm³/mol. The number of terminal acetylenes is 1. The van der Waals surface area contributed by atoms with Crippen molar-refractivity contribution >= 4 is 17.7 Å². The second-order valence-electron chi connectivity index (χ2n) is 5.82. The first kappa shape index (κ1) is 17.5. The van der Waals surface area contributed by atoms with Crippen molar-refractivity contribution < 1.29 is 4.79 Å². The molecular weight excluding hydrogens is 334 g/mol. The minimum Gasteiger partial charge on any atom is -0.344 e. The lowest BCUT2D eigenvalue weighted by Crippen LogP contribution is -2.25. The number of rotatable bonds is 7. The summed E-state index contributed by atoms with van der Waals surface area (Å²) in [5.41, 5.74) is 1.01. The molecule has 1 amide bonds. The van der Waals surface area contributed by atoms with Crippen LogP contribution in [0, 0.1) is 12.3 Å². The highest BCUT2D eigenvalue weighted by Gasteiger charge is 2.19. The number of amides is 1. The van der Waals surface area contributed by atoms with E-state index in [-0.39, 0.29) is 18.2 Å². The fraction of sp³-hybridized carbons (Fsp3) is 0.389. The van der Waals surface area contributed by atoms with Gasteiger partial charge < -0.3 is 5.32 Å². The number of thioether (sulfide) groups is 1. The monoisotopic (exact) mass is 355 g/mol. The highest BCUT2D eigenvalue weighted by atomic mass is 32.2. The van der Waals surface area contributed by atoms with Crippen molar-refractivity contribution in [2.75, 3.05) is 25.4 Å². The van der Waals surface area contributed by atoms with Crippen LogP contribution in [0.2, 0.25) is 0 Å². The summed E-state index contributed by atoms with van der Waals surface area (Å²) in [6.45, 7) is 3.20. The van der Waals surface area contributed by atoms with Crippen LogP contribution in [0.15, 0.2) is 35.5 Å². The molecule has 1 fully saturated rings. The lowest BCUT2D eigenvalue weighted by atomic mass is 10.3. The summed E-state index contributed by atoms with van der Waals surface area (Å²) in [6, 6.07) is 10.0. The Labute approximate surface area is 152 Å². The topological polar surface area (TPSA) is 63.1 Å². The fourth-order valence-corrected chi connectivity index (χ4v) is 3.60. The molecule has 1 aliphatic rings. The molecular formula is C18H21N5OS. The number of carbonyl (C=O) groups is 1. The van der Waals surface area contributed by atoms with E-state index in [1.54, 1.807) is 0 Å². The number of likely N-dealkylation sites (tertiary alicyclic amines) is 1. The molecule has 0 atom stereocenters. The second kappa shape index (κ2) is 8.70. The van der Waals surface area contributed by atoms with E-state index in [0.717, 1.165) is 36.3 Å². The van der Waals surface area contributed by atoms with Crippen LogP contribution >= 0.6 is 11.8 Å². The summed E-state index contributed by atoms with van der Waals surface area (Å²) < 4.78 is 2.04. The van der Waals surface area contributed by atoms with E-state index in [4.69, 9.17) is 6.42 Å². The lowest BCUT2D eigenvalue weighted by molar-refractivity contribution is -0.118. The average Bonchev–Trinajstić information content (AvgIpc) is 3.29. The van der Waals surface area contributed by atoms with E-state index < -0.39 is 0 Å². The normalized spacial score (nSPS) is 14.4. The van der Waals surface area contributed by atoms with Gasteiger partial charge in [-0.1, -0.05) is 35.9 Å². The molecule has 0 saturated carbocycles. The molecule has 130 valence electrons. The molecule has 2 heterocycles. The quantitative estimate of drug-likeness (QED) is 0.605. The van der Waals surface area contributed by atoms with Crippen LogP contribution in [-0.4, -0.2) is 51.0 Å². The zero-order valence-corrected chi connectivity index (χ0v) is 14.8. The van der Waals surface area contributed by atoms with Gasteiger partial charge in [-0.15, -0.1) is 16.6 Å². The van der Waals surface area contributed by atoms with Gasteiger partial charge in [0.1, 0.15) is 0 Å². The van der Waals surface area contributed by atoms with E-state index in [1.165, 1.54) is 24.6 Å². The molecule has 6 nitrogen and oxygen atoms in total. The first-order valence-corrected chi connectivity index (χ1v) is 9.31. The van der Waals surface area contributed by atoms with Crippen molar-refractivity contribution in [1.82, 2.24) is 25.0 Å². The molecule has 1 saturated heterocycles. The van der Waals surface area contributed by atoms with Crippen molar-refractivity contribution in [3.63, 3.8) is 0 Å². The Balaban J connectivity index is 1.78. The minimum atomic E-state index is -0.105. The SMILES string of the molecule is C#CCNC(=O)CSc1nnc(CN2CCCC2)n1-c1ccccc1. The van der Waals surface area contributed by atoms with Crippen molar-refractivity contribution in [1.29, 1.82) is 0 Å². The molecule has 2 aromatic rings. The van der Waals surface area contributed by atoms with Gasteiger partial charge in [0.15, 0.2) is 11.0 Å². The van der Waals surface area contributed by atoms with Gasteiger partial charge in [-0.3, -0.25) is 14.3 Å². The Morgan fingerprint density at radius 2 is 2.00 bits per heavy atom. The van der Waals surface area contributed by atoms with E-state index in [1.807, 2.05) is 34.9 Å². The van der Waals surface area contributed by atoms with Gasteiger partial charge in [0.05, 0.1) is 18.8 Å². The molecule has 3 rings (SSSR count). The maximum atomic E-state index is 11.8. The number of aromatic nitrogens is 3. The Hall–Kier alpha value is -2.30. The van der Waals surface area contributed by atoms with Gasteiger partial charge in [0.2, 0.25) is 5.91 Å². The summed E-state index contributed by atoms with van der Waals surface area (Å²) in [5, 5.41) is 12.1. The summed E-state index contributed by atoms with van der Waals surface area (Å²) in [4.78, 5) is 14.2. The van der Waals surface area contributed by atoms with Crippen LogP contribution in [-0.2, 0) is 11.3 Å². The second-order valence-corrected chi connectivity index (χ2v) is 6.77. The number of nitrogens with zero attached hydrogens (tertiary/aromatic N) is 4. The van der Waals surface area contributed by atoms with Crippen molar-refractivity contribution in [3.8, 4) is 18.0 Å². The van der Waals surface area contributed by atoms with Gasteiger partial charge in [-0.05, 0) is 38.1 Å². The third-order valence-corrected chi connectivity index (χ3v) is 4.93. The average molecular weight is 355 g/mol. The highest BCUT2D eigenvalue weighted by molar-refractivity contribution is 7.99. The summed E-state index contributed by atoms with van der Waals surface area (Å²) >= 11 is 1.37. The molecule has 1 aromatic carbocycles. The maximum absolute atomic E-state index is 11.8. The standard InChI is InChI=1S/C18H21N5OS/c1-2-10-19-17(24)14-25-18-21-20-16(13-22-11-6-7-12-22)23(18)15-8-4-3-5-9-15/h1,3-5,8-9H,6-7,10-14H2,(H,19,24). The van der Waals surface area contributed by atoms with Crippen LogP contribution < -0.4 is 5.32 Å². The molecule has 1 N–H and O–H groups in total. The third kappa shape index (κ3) is 4.62. The van der Waals surface area contributed by atoms with Gasteiger partial charge in [-0.25, -0.2) is 0 Å². The lowest BCUT2D eigenvalue weighted by Gasteiger charge is -2.15. The van der Waals surface area contributed by atoms with Crippen LogP contribution in [0.25, 0.3) is 5.69 Å². The Bertz CT molecular complexity index is 747. The van der Waals surface area contributed by atoms with Crippen molar-refractivity contribution in [2.45, 2.75) is 24.5 Å². The molecule has 0 spiro atoms. The number of hydrogen-bond donors (Lipinski definition) is 1. The van der Waals surface area contributed by atoms with Crippen molar-refractivity contribution in [3.05, 3.63) is 36.2 Å². The molecule has 1 aromatic heterocycles. The number of nitrogens with one attached hydrogen (secondary N) is 1. The Morgan fingerprint density at radius 1 is 1.24 bits per heavy atom. The predicted octanol–water partition coefficient (Wildman–Crippen LogP) is 1.70. The molecule has 0 aliphatic carbocycles. The first-order chi connectivity index (χ1) is 12.3. The highest BCUT2D eigenvalue weighted by Crippen LogP contribution is 2.23. The summed E-state index contributed by atoms with van der Waals surface area (Å²) in [7, 11) is 0. The Kier molecular flexibility index (Phi) is 6.09. The molecule has 25 heavy (non-hydrogen) atoms. The zero-order chi connectivity index (χ0) is 17.5. The first-order valence-electron chi connectivity index (χ1n) is 8.33. The Morgan fingerprint density at radius 3 is 2.72 bits per heavy atom. The van der Waals surface area contributed by atoms with Crippen LogP contribution in [0.3, 0.4) is 0 Å². The number of hydrogen-bond acceptors (Lipinski definition) is 5. The van der Waals surface area contributed by atoms with Crippen LogP contribution in [0.1, 0.15) is 18.7 Å². The van der Waals surface area contributed by atoms with Gasteiger partial charge in [0.25, 0.3) is 0 Å². The van der Waals surface area contributed by atoms with Crippen LogP contribution in [0.5, 0.6) is 0 Å². The maximum Gasteiger partial charge on any atom is 0.231 e. The largest absolute Gasteiger partial charge is 0.344 e. The van der Waals surface area contributed by atoms with Crippen LogP contribution in [0.4, 0.5) is 0 Å². The van der Waals surface area contributed by atoms with E-state index in [0.29, 0.717) is 0 Å². The summed E-state index contributed by atoms with van der Waals surface area (Å²) in [5.74, 6) is 3.46. The van der Waals surface area contributed by atoms with E-state index >= 15 is 0 Å². The van der Waals surface area contributed by atoms with E-state index in [9.17, 15) is 4.79 Å². The smallest absolute Gasteiger partial charge is 0.231 e. The summed E-state index contributed by atoms with van der Waals surface area (Å²) in [6.07, 6.45) is 7.63. The third-order valence-electron chi connectivity index (χ3n) is 4.00. The van der Waals surface area contributed by atoms with Gasteiger partial charge in [-0.2, -0.15) is 0 Å². The van der Waals surface area contributed by atoms with Gasteiger partial charge in [0, 0.05) is 5.69 Å². The fourth-order valence-electron chi connectivity index (χ4n) is 2.80. The van der Waals surface area contributed by atoms with Crippen molar-refractivity contribution in [2.24, 2.45) is 0 Å². The zero-order valence-electron chi connectivity index (χ0n) is 14.0. The minimum absolute atomic E-state index is 0.105.